The Morgan fingerprint density at radius 3 is 2.57 bits per heavy atom. The Bertz CT molecular complexity index is 870. The maximum Gasteiger partial charge on any atom is 0.269 e. The normalized spacial score (nSPS) is 19.4. The van der Waals surface area contributed by atoms with Crippen molar-refractivity contribution in [3.63, 3.8) is 0 Å². The van der Waals surface area contributed by atoms with Gasteiger partial charge < -0.3 is 9.80 Å². The van der Waals surface area contributed by atoms with Crippen LogP contribution in [-0.2, 0) is 12.8 Å². The van der Waals surface area contributed by atoms with Crippen molar-refractivity contribution in [3.05, 3.63) is 55.8 Å². The van der Waals surface area contributed by atoms with Crippen LogP contribution < -0.4 is 4.90 Å². The van der Waals surface area contributed by atoms with Crippen LogP contribution in [0.5, 0.6) is 0 Å². The first-order chi connectivity index (χ1) is 13.5. The van der Waals surface area contributed by atoms with Crippen LogP contribution >= 0.6 is 11.3 Å². The third-order valence-corrected chi connectivity index (χ3v) is 7.19. The van der Waals surface area contributed by atoms with Gasteiger partial charge in [0.1, 0.15) is 0 Å². The van der Waals surface area contributed by atoms with Crippen molar-refractivity contribution < 1.29 is 9.72 Å². The summed E-state index contributed by atoms with van der Waals surface area (Å²) >= 11 is 1.68. The van der Waals surface area contributed by atoms with E-state index in [1.165, 1.54) is 35.4 Å². The lowest BCUT2D eigenvalue weighted by molar-refractivity contribution is -0.384. The second kappa shape index (κ2) is 7.91. The van der Waals surface area contributed by atoms with Gasteiger partial charge in [0.15, 0.2) is 0 Å². The lowest BCUT2D eigenvalue weighted by Crippen LogP contribution is -2.48. The molecular weight excluding hydrogens is 374 g/mol. The fourth-order valence-electron chi connectivity index (χ4n) is 4.16. The van der Waals surface area contributed by atoms with Crippen molar-refractivity contribution in [2.75, 3.05) is 31.1 Å². The fraction of sp³-hybridized carbons (Fsp3) is 0.476. The molecule has 4 rings (SSSR count). The number of amides is 1. The smallest absolute Gasteiger partial charge is 0.269 e. The van der Waals surface area contributed by atoms with E-state index in [9.17, 15) is 14.9 Å². The van der Waals surface area contributed by atoms with Crippen molar-refractivity contribution >= 4 is 28.6 Å². The first-order valence-corrected chi connectivity index (χ1v) is 10.8. The van der Waals surface area contributed by atoms with Crippen LogP contribution in [0.2, 0.25) is 0 Å². The molecule has 1 amide bonds. The minimum atomic E-state index is -0.385. The number of nitro groups is 1. The summed E-state index contributed by atoms with van der Waals surface area (Å²) in [5.41, 5.74) is 2.45. The zero-order valence-electron chi connectivity index (χ0n) is 16.1. The van der Waals surface area contributed by atoms with Crippen molar-refractivity contribution in [1.82, 2.24) is 4.90 Å². The van der Waals surface area contributed by atoms with Gasteiger partial charge in [-0.15, -0.1) is 11.3 Å². The van der Waals surface area contributed by atoms with Gasteiger partial charge in [-0.3, -0.25) is 14.9 Å². The molecule has 28 heavy (non-hydrogen) atoms. The van der Waals surface area contributed by atoms with E-state index in [0.29, 0.717) is 13.1 Å². The molecule has 0 radical (unpaired) electrons. The van der Waals surface area contributed by atoms with Gasteiger partial charge in [-0.05, 0) is 48.9 Å². The highest BCUT2D eigenvalue weighted by molar-refractivity contribution is 7.14. The number of non-ortho nitro benzene ring substituents is 1. The highest BCUT2D eigenvalue weighted by Crippen LogP contribution is 2.34. The van der Waals surface area contributed by atoms with Crippen LogP contribution in [0.15, 0.2) is 30.3 Å². The van der Waals surface area contributed by atoms with Crippen LogP contribution in [0.3, 0.4) is 0 Å². The molecule has 1 atom stereocenters. The maximum atomic E-state index is 13.0. The third-order valence-electron chi connectivity index (χ3n) is 5.97. The number of hydrogen-bond donors (Lipinski definition) is 0. The monoisotopic (exact) mass is 399 g/mol. The van der Waals surface area contributed by atoms with Gasteiger partial charge in [0, 0.05) is 48.9 Å². The molecule has 2 heterocycles. The van der Waals surface area contributed by atoms with Crippen LogP contribution in [0, 0.1) is 16.0 Å². The molecule has 1 aliphatic heterocycles. The van der Waals surface area contributed by atoms with Crippen LogP contribution in [0.4, 0.5) is 11.4 Å². The van der Waals surface area contributed by atoms with Gasteiger partial charge in [-0.1, -0.05) is 13.3 Å². The van der Waals surface area contributed by atoms with Gasteiger partial charge >= 0.3 is 0 Å². The van der Waals surface area contributed by atoms with E-state index in [4.69, 9.17) is 0 Å². The summed E-state index contributed by atoms with van der Waals surface area (Å²) in [4.78, 5) is 29.8. The molecule has 1 aliphatic carbocycles. The topological polar surface area (TPSA) is 66.7 Å². The molecule has 2 aliphatic rings. The molecule has 1 aromatic carbocycles. The van der Waals surface area contributed by atoms with E-state index in [-0.39, 0.29) is 16.5 Å². The number of benzene rings is 1. The quantitative estimate of drug-likeness (QED) is 0.573. The average molecular weight is 400 g/mol. The second-order valence-electron chi connectivity index (χ2n) is 7.63. The summed E-state index contributed by atoms with van der Waals surface area (Å²) < 4.78 is 0. The van der Waals surface area contributed by atoms with E-state index in [2.05, 4.69) is 17.9 Å². The number of aryl methyl sites for hydroxylation is 1. The molecule has 148 valence electrons. The van der Waals surface area contributed by atoms with Crippen molar-refractivity contribution in [2.45, 2.75) is 32.6 Å². The van der Waals surface area contributed by atoms with E-state index < -0.39 is 0 Å². The van der Waals surface area contributed by atoms with Gasteiger partial charge in [-0.2, -0.15) is 0 Å². The maximum absolute atomic E-state index is 13.0. The second-order valence-corrected chi connectivity index (χ2v) is 8.77. The molecule has 0 unspecified atom stereocenters. The van der Waals surface area contributed by atoms with Crippen molar-refractivity contribution in [2.24, 2.45) is 5.92 Å². The number of rotatable bonds is 4. The molecule has 7 heteroatoms. The highest BCUT2D eigenvalue weighted by Gasteiger charge is 2.27. The van der Waals surface area contributed by atoms with Gasteiger partial charge in [0.2, 0.25) is 0 Å². The predicted octanol–water partition coefficient (Wildman–Crippen LogP) is 4.13. The Morgan fingerprint density at radius 2 is 1.93 bits per heavy atom. The molecule has 0 N–H and O–H groups in total. The van der Waals surface area contributed by atoms with Crippen LogP contribution in [0.25, 0.3) is 0 Å². The zero-order chi connectivity index (χ0) is 19.7. The number of anilines is 1. The minimum absolute atomic E-state index is 0.101. The SMILES string of the molecule is CC[C@@H]1CCc2sc(C(=O)N3CCN(c4ccc([N+](=O)[O-])cc4)CC3)cc2C1. The molecule has 0 spiro atoms. The Balaban J connectivity index is 1.38. The number of carbonyl (C=O) groups excluding carboxylic acids is 1. The molecule has 2 aromatic rings. The van der Waals surface area contributed by atoms with Gasteiger partial charge in [-0.25, -0.2) is 0 Å². The van der Waals surface area contributed by atoms with E-state index >= 15 is 0 Å². The molecule has 0 saturated carbocycles. The van der Waals surface area contributed by atoms with Gasteiger partial charge in [0.25, 0.3) is 11.6 Å². The number of hydrogen-bond acceptors (Lipinski definition) is 5. The number of fused-ring (bicyclic) bond motifs is 1. The van der Waals surface area contributed by atoms with E-state index in [1.54, 1.807) is 23.5 Å². The lowest BCUT2D eigenvalue weighted by atomic mass is 9.87. The van der Waals surface area contributed by atoms with Gasteiger partial charge in [0.05, 0.1) is 9.80 Å². The Labute approximate surface area is 168 Å². The zero-order valence-corrected chi connectivity index (χ0v) is 16.9. The number of thiophene rings is 1. The number of nitrogens with zero attached hydrogens (tertiary/aromatic N) is 3. The van der Waals surface area contributed by atoms with E-state index in [1.807, 2.05) is 4.90 Å². The first kappa shape index (κ1) is 18.9. The number of carbonyl (C=O) groups is 1. The molecule has 0 bridgehead atoms. The van der Waals surface area contributed by atoms with Crippen molar-refractivity contribution in [1.29, 1.82) is 0 Å². The molecule has 1 saturated heterocycles. The Hall–Kier alpha value is -2.41. The first-order valence-electron chi connectivity index (χ1n) is 9.95. The summed E-state index contributed by atoms with van der Waals surface area (Å²) in [6.07, 6.45) is 4.68. The summed E-state index contributed by atoms with van der Waals surface area (Å²) in [6, 6.07) is 8.77. The lowest BCUT2D eigenvalue weighted by Gasteiger charge is -2.35. The summed E-state index contributed by atoms with van der Waals surface area (Å²) in [5, 5.41) is 10.8. The Kier molecular flexibility index (Phi) is 5.35. The Morgan fingerprint density at radius 1 is 1.21 bits per heavy atom. The molecule has 1 fully saturated rings. The number of piperazine rings is 1. The molecule has 1 aromatic heterocycles. The fourth-order valence-corrected chi connectivity index (χ4v) is 5.34. The van der Waals surface area contributed by atoms with E-state index in [0.717, 1.165) is 42.4 Å². The summed E-state index contributed by atoms with van der Waals surface area (Å²) in [6.45, 7) is 5.09. The van der Waals surface area contributed by atoms with Crippen LogP contribution in [-0.4, -0.2) is 41.9 Å². The predicted molar refractivity (Wildman–Crippen MR) is 111 cm³/mol. The summed E-state index contributed by atoms with van der Waals surface area (Å²) in [5.74, 6) is 0.908. The third kappa shape index (κ3) is 3.76. The largest absolute Gasteiger partial charge is 0.368 e. The molecular formula is C21H25N3O3S. The number of nitro benzene ring substituents is 1. The molecule has 6 nitrogen and oxygen atoms in total. The van der Waals surface area contributed by atoms with Crippen LogP contribution in [0.1, 0.15) is 39.9 Å². The van der Waals surface area contributed by atoms with Crippen molar-refractivity contribution in [3.8, 4) is 0 Å². The highest BCUT2D eigenvalue weighted by atomic mass is 32.1. The minimum Gasteiger partial charge on any atom is -0.368 e. The summed E-state index contributed by atoms with van der Waals surface area (Å²) in [7, 11) is 0. The average Bonchev–Trinajstić information content (AvgIpc) is 3.16. The standard InChI is InChI=1S/C21H25N3O3S/c1-2-15-3-8-19-16(13-15)14-20(28-19)21(25)23-11-9-22(10-12-23)17-4-6-18(7-5-17)24(26)27/h4-7,14-15H,2-3,8-13H2,1H3/t15-/m1/s1.